The van der Waals surface area contributed by atoms with Crippen LogP contribution >= 0.6 is 0 Å². The van der Waals surface area contributed by atoms with Crippen LogP contribution in [0.3, 0.4) is 0 Å². The molecule has 0 unspecified atom stereocenters. The number of aromatic amines is 1. The molecule has 0 aliphatic carbocycles. The molecule has 0 saturated heterocycles. The predicted molar refractivity (Wildman–Crippen MR) is 64.7 cm³/mol. The Labute approximate surface area is 101 Å². The summed E-state index contributed by atoms with van der Waals surface area (Å²) in [6, 6.07) is 9.68. The third kappa shape index (κ3) is 1.22. The van der Waals surface area contributed by atoms with E-state index in [1.54, 1.807) is 6.20 Å². The molecule has 0 aliphatic heterocycles. The van der Waals surface area contributed by atoms with Gasteiger partial charge in [0.05, 0.1) is 0 Å². The second kappa shape index (κ2) is 3.36. The summed E-state index contributed by atoms with van der Waals surface area (Å²) in [5.41, 5.74) is 3.16. The van der Waals surface area contributed by atoms with E-state index in [0.717, 1.165) is 27.6 Å². The summed E-state index contributed by atoms with van der Waals surface area (Å²) in [6.45, 7) is 0. The van der Waals surface area contributed by atoms with E-state index >= 15 is 0 Å². The average Bonchev–Trinajstić information content (AvgIpc) is 3.05. The van der Waals surface area contributed by atoms with Gasteiger partial charge >= 0.3 is 0 Å². The van der Waals surface area contributed by atoms with Gasteiger partial charge in [-0.25, -0.2) is 0 Å². The number of para-hydroxylation sites is 1. The van der Waals surface area contributed by atoms with Gasteiger partial charge in [0, 0.05) is 17.1 Å². The topological polar surface area (TPSA) is 80.5 Å². The maximum Gasteiger partial charge on any atom is 0.206 e. The fourth-order valence-electron chi connectivity index (χ4n) is 2.00. The maximum atomic E-state index is 5.74. The molecule has 6 heteroatoms. The van der Waals surface area contributed by atoms with E-state index in [4.69, 9.17) is 4.42 Å². The van der Waals surface area contributed by atoms with Crippen LogP contribution in [0.15, 0.2) is 40.9 Å². The highest BCUT2D eigenvalue weighted by Crippen LogP contribution is 2.28. The molecule has 0 saturated carbocycles. The van der Waals surface area contributed by atoms with Crippen LogP contribution in [0.5, 0.6) is 0 Å². The minimum Gasteiger partial charge on any atom is -0.454 e. The van der Waals surface area contributed by atoms with E-state index < -0.39 is 0 Å². The van der Waals surface area contributed by atoms with Crippen molar-refractivity contribution in [1.82, 2.24) is 25.6 Å². The van der Waals surface area contributed by atoms with Crippen LogP contribution in [-0.4, -0.2) is 25.6 Å². The molecule has 0 bridgehead atoms. The predicted octanol–water partition coefficient (Wildman–Crippen LogP) is 2.16. The summed E-state index contributed by atoms with van der Waals surface area (Å²) < 4.78 is 5.74. The standard InChI is InChI=1S/C12H7N5O/c1-2-4-9-8(3-1)11-10(18-9)5-7(6-13-11)12-14-16-17-15-12/h1-6H,(H,14,15,16,17). The lowest BCUT2D eigenvalue weighted by Gasteiger charge is -1.92. The largest absolute Gasteiger partial charge is 0.454 e. The van der Waals surface area contributed by atoms with Gasteiger partial charge in [0.2, 0.25) is 5.82 Å². The molecule has 4 aromatic rings. The Kier molecular flexibility index (Phi) is 1.74. The van der Waals surface area contributed by atoms with Crippen molar-refractivity contribution >= 4 is 22.1 Å². The zero-order chi connectivity index (χ0) is 11.9. The second-order valence-electron chi connectivity index (χ2n) is 3.90. The molecule has 3 aromatic heterocycles. The second-order valence-corrected chi connectivity index (χ2v) is 3.90. The smallest absolute Gasteiger partial charge is 0.206 e. The Morgan fingerprint density at radius 3 is 2.94 bits per heavy atom. The Hall–Kier alpha value is -2.76. The van der Waals surface area contributed by atoms with Gasteiger partial charge in [-0.3, -0.25) is 4.98 Å². The van der Waals surface area contributed by atoms with Gasteiger partial charge in [0.15, 0.2) is 5.58 Å². The third-order valence-corrected chi connectivity index (χ3v) is 2.82. The summed E-state index contributed by atoms with van der Waals surface area (Å²) in [5.74, 6) is 0.504. The average molecular weight is 237 g/mol. The summed E-state index contributed by atoms with van der Waals surface area (Å²) >= 11 is 0. The molecule has 0 fully saturated rings. The fraction of sp³-hybridized carbons (Fsp3) is 0. The molecule has 18 heavy (non-hydrogen) atoms. The van der Waals surface area contributed by atoms with Crippen molar-refractivity contribution in [2.24, 2.45) is 0 Å². The van der Waals surface area contributed by atoms with E-state index in [1.807, 2.05) is 30.3 Å². The van der Waals surface area contributed by atoms with Crippen molar-refractivity contribution in [3.05, 3.63) is 36.5 Å². The highest BCUT2D eigenvalue weighted by atomic mass is 16.3. The van der Waals surface area contributed by atoms with Crippen molar-refractivity contribution < 1.29 is 4.42 Å². The Morgan fingerprint density at radius 1 is 1.11 bits per heavy atom. The molecule has 0 atom stereocenters. The summed E-state index contributed by atoms with van der Waals surface area (Å²) in [4.78, 5) is 4.41. The van der Waals surface area contributed by atoms with E-state index in [0.29, 0.717) is 5.82 Å². The number of benzene rings is 1. The molecular formula is C12H7N5O. The number of hydrogen-bond donors (Lipinski definition) is 1. The number of nitrogens with one attached hydrogen (secondary N) is 1. The first-order valence-corrected chi connectivity index (χ1v) is 5.43. The summed E-state index contributed by atoms with van der Waals surface area (Å²) in [5, 5.41) is 14.8. The summed E-state index contributed by atoms with van der Waals surface area (Å²) in [7, 11) is 0. The molecule has 0 aliphatic rings. The number of pyridine rings is 1. The van der Waals surface area contributed by atoms with Crippen molar-refractivity contribution in [1.29, 1.82) is 0 Å². The molecule has 1 aromatic carbocycles. The van der Waals surface area contributed by atoms with E-state index in [-0.39, 0.29) is 0 Å². The monoisotopic (exact) mass is 237 g/mol. The van der Waals surface area contributed by atoms with E-state index in [2.05, 4.69) is 25.6 Å². The summed E-state index contributed by atoms with van der Waals surface area (Å²) in [6.07, 6.45) is 1.72. The number of tetrazole rings is 1. The van der Waals surface area contributed by atoms with Crippen LogP contribution in [0.4, 0.5) is 0 Å². The van der Waals surface area contributed by atoms with Crippen molar-refractivity contribution in [3.63, 3.8) is 0 Å². The van der Waals surface area contributed by atoms with Crippen LogP contribution in [0.1, 0.15) is 0 Å². The van der Waals surface area contributed by atoms with Crippen LogP contribution in [-0.2, 0) is 0 Å². The first kappa shape index (κ1) is 9.29. The van der Waals surface area contributed by atoms with Crippen LogP contribution < -0.4 is 0 Å². The molecule has 4 rings (SSSR count). The van der Waals surface area contributed by atoms with Crippen molar-refractivity contribution in [2.75, 3.05) is 0 Å². The highest BCUT2D eigenvalue weighted by molar-refractivity contribution is 6.02. The normalized spacial score (nSPS) is 11.3. The lowest BCUT2D eigenvalue weighted by atomic mass is 10.2. The zero-order valence-corrected chi connectivity index (χ0v) is 9.16. The van der Waals surface area contributed by atoms with Crippen LogP contribution in [0, 0.1) is 0 Å². The number of nitrogens with zero attached hydrogens (tertiary/aromatic N) is 4. The molecule has 86 valence electrons. The van der Waals surface area contributed by atoms with Gasteiger partial charge in [-0.2, -0.15) is 5.21 Å². The number of rotatable bonds is 1. The molecule has 0 spiro atoms. The van der Waals surface area contributed by atoms with Gasteiger partial charge in [-0.15, -0.1) is 10.2 Å². The maximum absolute atomic E-state index is 5.74. The quantitative estimate of drug-likeness (QED) is 0.548. The fourth-order valence-corrected chi connectivity index (χ4v) is 2.00. The Balaban J connectivity index is 2.04. The van der Waals surface area contributed by atoms with Crippen molar-refractivity contribution in [2.45, 2.75) is 0 Å². The zero-order valence-electron chi connectivity index (χ0n) is 9.16. The molecule has 0 amide bonds. The van der Waals surface area contributed by atoms with E-state index in [1.165, 1.54) is 0 Å². The van der Waals surface area contributed by atoms with Crippen molar-refractivity contribution in [3.8, 4) is 11.4 Å². The van der Waals surface area contributed by atoms with Gasteiger partial charge in [-0.05, 0) is 23.4 Å². The first-order chi connectivity index (χ1) is 8.92. The van der Waals surface area contributed by atoms with Gasteiger partial charge in [0.1, 0.15) is 11.1 Å². The molecule has 3 heterocycles. The number of aromatic nitrogens is 5. The molecular weight excluding hydrogens is 230 g/mol. The minimum atomic E-state index is 0.504. The van der Waals surface area contributed by atoms with Gasteiger partial charge < -0.3 is 4.42 Å². The Bertz CT molecular complexity index is 834. The first-order valence-electron chi connectivity index (χ1n) is 5.43. The number of furan rings is 1. The Morgan fingerprint density at radius 2 is 2.06 bits per heavy atom. The molecule has 1 N–H and O–H groups in total. The minimum absolute atomic E-state index is 0.504. The van der Waals surface area contributed by atoms with Gasteiger partial charge in [0.25, 0.3) is 0 Å². The SMILES string of the molecule is c1ccc2c(c1)oc1cc(-c3nn[nH]n3)cnc12. The lowest BCUT2D eigenvalue weighted by Crippen LogP contribution is -1.83. The number of fused-ring (bicyclic) bond motifs is 3. The number of H-pyrrole nitrogens is 1. The number of hydrogen-bond acceptors (Lipinski definition) is 5. The molecule has 0 radical (unpaired) electrons. The van der Waals surface area contributed by atoms with Crippen LogP contribution in [0.2, 0.25) is 0 Å². The van der Waals surface area contributed by atoms with Crippen LogP contribution in [0.25, 0.3) is 33.5 Å². The van der Waals surface area contributed by atoms with E-state index in [9.17, 15) is 0 Å². The molecule has 6 nitrogen and oxygen atoms in total. The third-order valence-electron chi connectivity index (χ3n) is 2.82. The van der Waals surface area contributed by atoms with Gasteiger partial charge in [-0.1, -0.05) is 12.1 Å². The lowest BCUT2D eigenvalue weighted by molar-refractivity contribution is 0.668. The highest BCUT2D eigenvalue weighted by Gasteiger charge is 2.10.